The van der Waals surface area contributed by atoms with Crippen LogP contribution in [-0.4, -0.2) is 52.3 Å². The fourth-order valence-corrected chi connectivity index (χ4v) is 5.87. The monoisotopic (exact) mass is 488 g/mol. The third kappa shape index (κ3) is 4.34. The maximum atomic E-state index is 13.9. The van der Waals surface area contributed by atoms with E-state index in [0.29, 0.717) is 50.0 Å². The number of imide groups is 1. The van der Waals surface area contributed by atoms with Crippen LogP contribution in [0.4, 0.5) is 4.79 Å². The third-order valence-corrected chi connectivity index (χ3v) is 8.04. The lowest BCUT2D eigenvalue weighted by atomic mass is 9.73. The Labute approximate surface area is 208 Å². The molecule has 1 N–H and O–H groups in total. The van der Waals surface area contributed by atoms with E-state index in [0.717, 1.165) is 10.4 Å². The van der Waals surface area contributed by atoms with Gasteiger partial charge in [0, 0.05) is 48.0 Å². The number of nitrogens with zero attached hydrogens (tertiary/aromatic N) is 3. The molecule has 5 rings (SSSR count). The van der Waals surface area contributed by atoms with Gasteiger partial charge in [-0.2, -0.15) is 0 Å². The van der Waals surface area contributed by atoms with Gasteiger partial charge in [0.05, 0.1) is 0 Å². The van der Waals surface area contributed by atoms with E-state index in [2.05, 4.69) is 10.3 Å². The van der Waals surface area contributed by atoms with Crippen molar-refractivity contribution in [2.45, 2.75) is 31.7 Å². The Morgan fingerprint density at radius 2 is 1.89 bits per heavy atom. The predicted octanol–water partition coefficient (Wildman–Crippen LogP) is 3.99. The van der Waals surface area contributed by atoms with Crippen LogP contribution in [0.5, 0.6) is 0 Å². The second kappa shape index (κ2) is 9.62. The summed E-state index contributed by atoms with van der Waals surface area (Å²) in [5, 5.41) is 5.06. The molecule has 2 aromatic heterocycles. The summed E-state index contributed by atoms with van der Waals surface area (Å²) in [7, 11) is 0. The third-order valence-electron chi connectivity index (χ3n) is 7.10. The van der Waals surface area contributed by atoms with E-state index in [9.17, 15) is 14.4 Å². The number of rotatable bonds is 6. The summed E-state index contributed by atoms with van der Waals surface area (Å²) in [6.07, 6.45) is 5.18. The maximum absolute atomic E-state index is 13.9. The molecule has 35 heavy (non-hydrogen) atoms. The number of likely N-dealkylation sites (tertiary alicyclic amines) is 1. The maximum Gasteiger partial charge on any atom is 0.325 e. The summed E-state index contributed by atoms with van der Waals surface area (Å²) >= 11 is 1.62. The van der Waals surface area contributed by atoms with Crippen molar-refractivity contribution < 1.29 is 14.4 Å². The van der Waals surface area contributed by atoms with Gasteiger partial charge < -0.3 is 10.2 Å². The van der Waals surface area contributed by atoms with Gasteiger partial charge in [-0.25, -0.2) is 4.79 Å². The lowest BCUT2D eigenvalue weighted by Crippen LogP contribution is -2.54. The largest absolute Gasteiger partial charge is 0.339 e. The van der Waals surface area contributed by atoms with Crippen molar-refractivity contribution in [1.29, 1.82) is 0 Å². The Morgan fingerprint density at radius 3 is 2.54 bits per heavy atom. The molecule has 2 aliphatic heterocycles. The summed E-state index contributed by atoms with van der Waals surface area (Å²) in [5.41, 5.74) is 1.30. The lowest BCUT2D eigenvalue weighted by molar-refractivity contribution is -0.134. The highest BCUT2D eigenvalue weighted by Gasteiger charge is 2.57. The van der Waals surface area contributed by atoms with Crippen LogP contribution in [0.25, 0.3) is 0 Å². The average Bonchev–Trinajstić information content (AvgIpc) is 3.50. The number of hydrogen-bond donors (Lipinski definition) is 1. The molecule has 2 fully saturated rings. The number of piperidine rings is 1. The number of hydrogen-bond acceptors (Lipinski definition) is 5. The first kappa shape index (κ1) is 23.2. The van der Waals surface area contributed by atoms with E-state index in [1.54, 1.807) is 29.8 Å². The Kier molecular flexibility index (Phi) is 6.38. The van der Waals surface area contributed by atoms with Crippen molar-refractivity contribution in [1.82, 2.24) is 20.1 Å². The van der Waals surface area contributed by atoms with Crippen molar-refractivity contribution >= 4 is 29.2 Å². The summed E-state index contributed by atoms with van der Waals surface area (Å²) in [6.45, 7) is 3.38. The van der Waals surface area contributed by atoms with Crippen LogP contribution in [0.2, 0.25) is 0 Å². The molecule has 0 bridgehead atoms. The number of thiophene rings is 1. The zero-order valence-corrected chi connectivity index (χ0v) is 20.5. The first-order chi connectivity index (χ1) is 17.0. The fourth-order valence-electron chi connectivity index (χ4n) is 5.17. The summed E-state index contributed by atoms with van der Waals surface area (Å²) in [6, 6.07) is 14.9. The van der Waals surface area contributed by atoms with Gasteiger partial charge in [-0.3, -0.25) is 19.5 Å². The minimum absolute atomic E-state index is 0.00163. The SMILES string of the molecule is Cc1ccc(C(=O)N2CCC(C3(c4cccnc4)NC(=O)N(CCc4cccs4)C3=O)CC2)cc1. The molecule has 1 aromatic carbocycles. The average molecular weight is 489 g/mol. The number of amides is 4. The van der Waals surface area contributed by atoms with Gasteiger partial charge in [0.2, 0.25) is 0 Å². The molecular weight excluding hydrogens is 460 g/mol. The smallest absolute Gasteiger partial charge is 0.325 e. The Morgan fingerprint density at radius 1 is 1.11 bits per heavy atom. The Bertz CT molecular complexity index is 1200. The highest BCUT2D eigenvalue weighted by atomic mass is 32.1. The zero-order chi connectivity index (χ0) is 24.4. The molecule has 180 valence electrons. The van der Waals surface area contributed by atoms with E-state index >= 15 is 0 Å². The highest BCUT2D eigenvalue weighted by Crippen LogP contribution is 2.41. The molecule has 0 aliphatic carbocycles. The van der Waals surface area contributed by atoms with Gasteiger partial charge in [0.15, 0.2) is 5.54 Å². The first-order valence-corrected chi connectivity index (χ1v) is 12.8. The van der Waals surface area contributed by atoms with E-state index in [-0.39, 0.29) is 23.8 Å². The summed E-state index contributed by atoms with van der Waals surface area (Å²) in [4.78, 5) is 48.6. The predicted molar refractivity (Wildman–Crippen MR) is 134 cm³/mol. The molecule has 2 saturated heterocycles. The summed E-state index contributed by atoms with van der Waals surface area (Å²) < 4.78 is 0. The van der Waals surface area contributed by atoms with Crippen molar-refractivity contribution in [3.63, 3.8) is 0 Å². The van der Waals surface area contributed by atoms with Crippen LogP contribution in [0.15, 0.2) is 66.3 Å². The van der Waals surface area contributed by atoms with Crippen LogP contribution in [0.3, 0.4) is 0 Å². The van der Waals surface area contributed by atoms with Gasteiger partial charge in [-0.1, -0.05) is 29.8 Å². The quantitative estimate of drug-likeness (QED) is 0.532. The van der Waals surface area contributed by atoms with Crippen LogP contribution in [-0.2, 0) is 16.8 Å². The van der Waals surface area contributed by atoms with Crippen LogP contribution in [0.1, 0.15) is 39.2 Å². The molecule has 1 unspecified atom stereocenters. The molecule has 1 atom stereocenters. The van der Waals surface area contributed by atoms with Gasteiger partial charge in [0.25, 0.3) is 11.8 Å². The van der Waals surface area contributed by atoms with Crippen LogP contribution in [0, 0.1) is 12.8 Å². The minimum Gasteiger partial charge on any atom is -0.339 e. The number of benzene rings is 1. The molecule has 0 saturated carbocycles. The van der Waals surface area contributed by atoms with E-state index in [1.165, 1.54) is 4.90 Å². The van der Waals surface area contributed by atoms with Crippen molar-refractivity contribution in [3.8, 4) is 0 Å². The van der Waals surface area contributed by atoms with Crippen LogP contribution >= 0.6 is 11.3 Å². The van der Waals surface area contributed by atoms with Crippen molar-refractivity contribution in [2.24, 2.45) is 5.92 Å². The summed E-state index contributed by atoms with van der Waals surface area (Å²) in [5.74, 6) is -0.370. The molecule has 8 heteroatoms. The minimum atomic E-state index is -1.17. The number of carbonyl (C=O) groups is 3. The van der Waals surface area contributed by atoms with Gasteiger partial charge >= 0.3 is 6.03 Å². The standard InChI is InChI=1S/C27H28N4O3S/c1-19-6-8-20(9-7-19)24(32)30-14-10-21(11-15-30)27(22-4-2-13-28-18-22)25(33)31(26(34)29-27)16-12-23-5-3-17-35-23/h2-9,13,17-18,21H,10-12,14-16H2,1H3,(H,29,34). The number of aryl methyl sites for hydroxylation is 1. The second-order valence-electron chi connectivity index (χ2n) is 9.20. The fraction of sp³-hybridized carbons (Fsp3) is 0.333. The van der Waals surface area contributed by atoms with Gasteiger partial charge in [-0.15, -0.1) is 11.3 Å². The molecule has 4 amide bonds. The van der Waals surface area contributed by atoms with Gasteiger partial charge in [-0.05, 0) is 61.7 Å². The lowest BCUT2D eigenvalue weighted by Gasteiger charge is -2.41. The normalized spacial score (nSPS) is 20.8. The first-order valence-electron chi connectivity index (χ1n) is 11.9. The number of aromatic nitrogens is 1. The topological polar surface area (TPSA) is 82.6 Å². The number of nitrogens with one attached hydrogen (secondary N) is 1. The van der Waals surface area contributed by atoms with E-state index in [1.807, 2.05) is 59.7 Å². The number of carbonyl (C=O) groups excluding carboxylic acids is 3. The Balaban J connectivity index is 1.36. The highest BCUT2D eigenvalue weighted by molar-refractivity contribution is 7.09. The van der Waals surface area contributed by atoms with Crippen molar-refractivity contribution in [2.75, 3.05) is 19.6 Å². The molecule has 4 heterocycles. The molecule has 0 spiro atoms. The number of pyridine rings is 1. The molecule has 7 nitrogen and oxygen atoms in total. The van der Waals surface area contributed by atoms with E-state index < -0.39 is 5.54 Å². The van der Waals surface area contributed by atoms with E-state index in [4.69, 9.17) is 0 Å². The van der Waals surface area contributed by atoms with Gasteiger partial charge in [0.1, 0.15) is 0 Å². The molecule has 2 aliphatic rings. The van der Waals surface area contributed by atoms with Crippen LogP contribution < -0.4 is 5.32 Å². The zero-order valence-electron chi connectivity index (χ0n) is 19.6. The molecular formula is C27H28N4O3S. The van der Waals surface area contributed by atoms with Crippen molar-refractivity contribution in [3.05, 3.63) is 87.9 Å². The Hall–Kier alpha value is -3.52. The number of urea groups is 1. The molecule has 0 radical (unpaired) electrons. The molecule has 3 aromatic rings. The second-order valence-corrected chi connectivity index (χ2v) is 10.2.